The molecule has 3 rings (SSSR count). The molecule has 0 radical (unpaired) electrons. The number of aliphatic hydroxyl groups is 1. The summed E-state index contributed by atoms with van der Waals surface area (Å²) in [7, 11) is 5.00. The van der Waals surface area contributed by atoms with E-state index in [1.807, 2.05) is 25.9 Å². The number of ether oxygens (including phenoxy) is 3. The average molecular weight is 502 g/mol. The third kappa shape index (κ3) is 6.48. The minimum Gasteiger partial charge on any atom is -0.490 e. The molecule has 194 valence electrons. The van der Waals surface area contributed by atoms with E-state index < -0.39 is 24.3 Å². The van der Waals surface area contributed by atoms with Gasteiger partial charge in [-0.1, -0.05) is 6.07 Å². The number of amides is 2. The average Bonchev–Trinajstić information content (AvgIpc) is 3.32. The number of aliphatic hydroxyl groups excluding tert-OH is 1. The summed E-state index contributed by atoms with van der Waals surface area (Å²) in [5.41, 5.74) is 3.84. The van der Waals surface area contributed by atoms with Crippen LogP contribution < -0.4 is 30.4 Å². The lowest BCUT2D eigenvalue weighted by Gasteiger charge is -2.28. The summed E-state index contributed by atoms with van der Waals surface area (Å²) in [6.45, 7) is 3.66. The number of hydrogen-bond acceptors (Lipinski definition) is 10. The molecule has 1 aromatic heterocycles. The van der Waals surface area contributed by atoms with Gasteiger partial charge in [0.1, 0.15) is 12.4 Å². The lowest BCUT2D eigenvalue weighted by atomic mass is 9.95. The Hall–Kier alpha value is -4.19. The number of nitrogens with one attached hydrogen (secondary N) is 3. The number of benzene rings is 1. The molecule has 0 bridgehead atoms. The number of rotatable bonds is 11. The zero-order valence-corrected chi connectivity index (χ0v) is 20.8. The number of anilines is 1. The van der Waals surface area contributed by atoms with Gasteiger partial charge in [0.15, 0.2) is 23.6 Å². The third-order valence-corrected chi connectivity index (χ3v) is 5.14. The first-order valence-corrected chi connectivity index (χ1v) is 11.2. The van der Waals surface area contributed by atoms with Crippen LogP contribution in [0.1, 0.15) is 31.2 Å². The quantitative estimate of drug-likeness (QED) is 0.157. The minimum atomic E-state index is -1.11. The van der Waals surface area contributed by atoms with E-state index in [2.05, 4.69) is 21.2 Å². The van der Waals surface area contributed by atoms with Crippen LogP contribution in [-0.2, 0) is 9.53 Å². The van der Waals surface area contributed by atoms with Crippen LogP contribution in [0.4, 0.5) is 10.7 Å². The van der Waals surface area contributed by atoms with Crippen molar-refractivity contribution in [2.24, 2.45) is 5.10 Å². The molecule has 0 saturated heterocycles. The lowest BCUT2D eigenvalue weighted by molar-refractivity contribution is -0.136. The highest BCUT2D eigenvalue weighted by molar-refractivity contribution is 5.95. The highest BCUT2D eigenvalue weighted by Crippen LogP contribution is 2.34. The van der Waals surface area contributed by atoms with Gasteiger partial charge in [0, 0.05) is 25.9 Å². The maximum atomic E-state index is 12.3. The predicted molar refractivity (Wildman–Crippen MR) is 132 cm³/mol. The molecule has 12 nitrogen and oxygen atoms in total. The molecule has 36 heavy (non-hydrogen) atoms. The fourth-order valence-corrected chi connectivity index (χ4v) is 3.46. The van der Waals surface area contributed by atoms with E-state index in [-0.39, 0.29) is 12.2 Å². The Labute approximate surface area is 208 Å². The van der Waals surface area contributed by atoms with Crippen LogP contribution in [0.25, 0.3) is 0 Å². The van der Waals surface area contributed by atoms with Crippen molar-refractivity contribution in [3.8, 4) is 11.5 Å². The maximum Gasteiger partial charge on any atom is 0.337 e. The van der Waals surface area contributed by atoms with E-state index >= 15 is 0 Å². The molecule has 1 aliphatic rings. The molecular weight excluding hydrogens is 470 g/mol. The molecule has 0 aliphatic carbocycles. The van der Waals surface area contributed by atoms with Gasteiger partial charge >= 0.3 is 12.0 Å². The van der Waals surface area contributed by atoms with Gasteiger partial charge in [0.25, 0.3) is 0 Å². The molecule has 0 saturated carbocycles. The van der Waals surface area contributed by atoms with Crippen LogP contribution in [-0.4, -0.2) is 64.0 Å². The van der Waals surface area contributed by atoms with Crippen LogP contribution in [0, 0.1) is 0 Å². The summed E-state index contributed by atoms with van der Waals surface area (Å²) in [6, 6.07) is 7.39. The molecule has 4 N–H and O–H groups in total. The van der Waals surface area contributed by atoms with Crippen molar-refractivity contribution in [3.63, 3.8) is 0 Å². The number of esters is 1. The third-order valence-electron chi connectivity index (χ3n) is 5.14. The second-order valence-corrected chi connectivity index (χ2v) is 7.99. The highest BCUT2D eigenvalue weighted by Gasteiger charge is 2.32. The highest BCUT2D eigenvalue weighted by atomic mass is 16.5. The Bertz CT molecular complexity index is 1140. The predicted octanol–water partition coefficient (Wildman–Crippen LogP) is 1.87. The molecule has 0 fully saturated rings. The fourth-order valence-electron chi connectivity index (χ4n) is 3.46. The topological polar surface area (TPSA) is 147 Å². The molecule has 0 unspecified atom stereocenters. The van der Waals surface area contributed by atoms with E-state index in [0.29, 0.717) is 41.0 Å². The Kier molecular flexibility index (Phi) is 8.79. The number of carbonyl (C=O) groups is 2. The smallest absolute Gasteiger partial charge is 0.337 e. The molecule has 2 heterocycles. The van der Waals surface area contributed by atoms with Crippen molar-refractivity contribution in [3.05, 3.63) is 52.9 Å². The van der Waals surface area contributed by atoms with Gasteiger partial charge < -0.3 is 39.3 Å². The summed E-state index contributed by atoms with van der Waals surface area (Å²) in [4.78, 5) is 26.2. The first kappa shape index (κ1) is 26.4. The number of methoxy groups -OCH3 is 1. The zero-order chi connectivity index (χ0) is 26.2. The van der Waals surface area contributed by atoms with E-state index in [0.717, 1.165) is 0 Å². The maximum absolute atomic E-state index is 12.3. The SMILES string of the molecule is CCOc1cc([C@H]2NC(=O)NC(C)=C2C(=O)OC)ccc1OC[C@H](O)N/N=C\c1ccc(N(C)C)o1. The number of allylic oxidation sites excluding steroid dienone is 1. The van der Waals surface area contributed by atoms with Gasteiger partial charge in [0.05, 0.1) is 31.5 Å². The van der Waals surface area contributed by atoms with E-state index in [1.165, 1.54) is 13.3 Å². The van der Waals surface area contributed by atoms with Gasteiger partial charge in [-0.3, -0.25) is 5.43 Å². The first-order chi connectivity index (χ1) is 17.2. The summed E-state index contributed by atoms with van der Waals surface area (Å²) >= 11 is 0. The number of hydrogen-bond donors (Lipinski definition) is 4. The van der Waals surface area contributed by atoms with Crippen molar-refractivity contribution in [1.29, 1.82) is 0 Å². The number of urea groups is 1. The van der Waals surface area contributed by atoms with Crippen LogP contribution in [0.5, 0.6) is 11.5 Å². The van der Waals surface area contributed by atoms with Crippen molar-refractivity contribution in [1.82, 2.24) is 16.1 Å². The van der Waals surface area contributed by atoms with E-state index in [1.54, 1.807) is 37.3 Å². The molecule has 0 spiro atoms. The zero-order valence-electron chi connectivity index (χ0n) is 20.8. The van der Waals surface area contributed by atoms with Gasteiger partial charge in [0.2, 0.25) is 0 Å². The monoisotopic (exact) mass is 501 g/mol. The molecule has 2 amide bonds. The molecular formula is C24H31N5O7. The van der Waals surface area contributed by atoms with Gasteiger partial charge in [-0.15, -0.1) is 0 Å². The number of hydrazone groups is 1. The normalized spacial score (nSPS) is 16.3. The van der Waals surface area contributed by atoms with Crippen LogP contribution >= 0.6 is 0 Å². The van der Waals surface area contributed by atoms with Crippen LogP contribution in [0.15, 0.2) is 51.1 Å². The van der Waals surface area contributed by atoms with Gasteiger partial charge in [-0.05, 0) is 37.6 Å². The fraction of sp³-hybridized carbons (Fsp3) is 0.375. The summed E-state index contributed by atoms with van der Waals surface area (Å²) in [6.07, 6.45) is 0.331. The molecule has 1 aliphatic heterocycles. The second kappa shape index (κ2) is 12.0. The number of furan rings is 1. The van der Waals surface area contributed by atoms with Gasteiger partial charge in [-0.2, -0.15) is 5.10 Å². The number of carbonyl (C=O) groups excluding carboxylic acids is 2. The largest absolute Gasteiger partial charge is 0.490 e. The van der Waals surface area contributed by atoms with Crippen molar-refractivity contribution in [2.75, 3.05) is 39.3 Å². The van der Waals surface area contributed by atoms with E-state index in [9.17, 15) is 14.7 Å². The summed E-state index contributed by atoms with van der Waals surface area (Å²) in [5.74, 6) is 1.39. The lowest BCUT2D eigenvalue weighted by Crippen LogP contribution is -2.45. The van der Waals surface area contributed by atoms with Crippen LogP contribution in [0.3, 0.4) is 0 Å². The minimum absolute atomic E-state index is 0.131. The summed E-state index contributed by atoms with van der Waals surface area (Å²) in [5, 5.41) is 19.5. The standard InChI is InChI=1S/C24H31N5O7/c1-6-34-18-11-15(22-21(23(31)33-5)14(2)26-24(32)27-22)7-9-17(18)35-13-19(30)28-25-12-16-8-10-20(36-16)29(3)4/h7-12,19,22,28,30H,6,13H2,1-5H3,(H2,26,27,32)/b25-12-/t19-,22+/m0/s1. The van der Waals surface area contributed by atoms with Crippen molar-refractivity contribution in [2.45, 2.75) is 26.1 Å². The Morgan fingerprint density at radius 3 is 2.72 bits per heavy atom. The Morgan fingerprint density at radius 1 is 1.28 bits per heavy atom. The Balaban J connectivity index is 1.69. The molecule has 12 heteroatoms. The van der Waals surface area contributed by atoms with Crippen molar-refractivity contribution >= 4 is 24.1 Å². The molecule has 2 atom stereocenters. The Morgan fingerprint density at radius 2 is 2.06 bits per heavy atom. The van der Waals surface area contributed by atoms with Crippen molar-refractivity contribution < 1.29 is 33.3 Å². The number of nitrogens with zero attached hydrogens (tertiary/aromatic N) is 2. The molecule has 2 aromatic rings. The summed E-state index contributed by atoms with van der Waals surface area (Å²) < 4.78 is 21.9. The second-order valence-electron chi connectivity index (χ2n) is 7.99. The van der Waals surface area contributed by atoms with Gasteiger partial charge in [-0.25, -0.2) is 9.59 Å². The molecule has 1 aromatic carbocycles. The van der Waals surface area contributed by atoms with E-state index in [4.69, 9.17) is 18.6 Å². The van der Waals surface area contributed by atoms with Crippen LogP contribution in [0.2, 0.25) is 0 Å². The first-order valence-electron chi connectivity index (χ1n) is 11.2.